The van der Waals surface area contributed by atoms with Crippen molar-refractivity contribution in [2.24, 2.45) is 5.92 Å². The highest BCUT2D eigenvalue weighted by atomic mass is 16.2. The Balaban J connectivity index is 0.00000187. The molecule has 0 spiro atoms. The highest BCUT2D eigenvalue weighted by Gasteiger charge is 2.22. The number of amides is 2. The van der Waals surface area contributed by atoms with E-state index in [4.69, 9.17) is 0 Å². The van der Waals surface area contributed by atoms with Gasteiger partial charge in [0.05, 0.1) is 12.2 Å². The van der Waals surface area contributed by atoms with Gasteiger partial charge in [0, 0.05) is 45.2 Å². The third-order valence-corrected chi connectivity index (χ3v) is 5.61. The number of Topliss-reactive ketones (excluding diaryl/α,β-unsaturated/α-hetero) is 1. The van der Waals surface area contributed by atoms with Crippen LogP contribution in [0.5, 0.6) is 0 Å². The number of anilines is 1. The summed E-state index contributed by atoms with van der Waals surface area (Å²) < 4.78 is 0. The van der Waals surface area contributed by atoms with Gasteiger partial charge >= 0.3 is 0 Å². The fourth-order valence-electron chi connectivity index (χ4n) is 3.82. The molecule has 178 valence electrons. The minimum atomic E-state index is -0.232. The second-order valence-electron chi connectivity index (χ2n) is 8.09. The zero-order chi connectivity index (χ0) is 24.4. The Morgan fingerprint density at radius 1 is 1.18 bits per heavy atom. The van der Waals surface area contributed by atoms with E-state index in [0.29, 0.717) is 31.1 Å². The number of piperidine rings is 1. The van der Waals surface area contributed by atoms with Gasteiger partial charge in [0.2, 0.25) is 11.8 Å². The zero-order valence-corrected chi connectivity index (χ0v) is 20.4. The number of rotatable bonds is 8. The van der Waals surface area contributed by atoms with Gasteiger partial charge < -0.3 is 15.5 Å². The second kappa shape index (κ2) is 12.8. The van der Waals surface area contributed by atoms with Crippen LogP contribution in [0.2, 0.25) is 0 Å². The summed E-state index contributed by atoms with van der Waals surface area (Å²) in [6.07, 6.45) is 3.97. The first-order valence-corrected chi connectivity index (χ1v) is 11.7. The fourth-order valence-corrected chi connectivity index (χ4v) is 3.82. The third kappa shape index (κ3) is 7.49. The highest BCUT2D eigenvalue weighted by molar-refractivity contribution is 6.03. The van der Waals surface area contributed by atoms with E-state index >= 15 is 0 Å². The quantitative estimate of drug-likeness (QED) is 0.592. The number of benzene rings is 1. The van der Waals surface area contributed by atoms with E-state index in [0.717, 1.165) is 24.0 Å². The molecule has 1 aliphatic heterocycles. The maximum absolute atomic E-state index is 12.5. The summed E-state index contributed by atoms with van der Waals surface area (Å²) in [6, 6.07) is 9.94. The lowest BCUT2D eigenvalue weighted by Crippen LogP contribution is -2.42. The molecule has 7 heteroatoms. The molecule has 0 aliphatic carbocycles. The highest BCUT2D eigenvalue weighted by Crippen LogP contribution is 2.25. The van der Waals surface area contributed by atoms with Crippen LogP contribution in [0.1, 0.15) is 56.6 Å². The van der Waals surface area contributed by atoms with Crippen molar-refractivity contribution < 1.29 is 14.4 Å². The standard InChI is InChI=1S/C24H30N4O3.C2H6/c1-4-17-6-5-7-19(10-17)20-11-21(24(16(2)29)26-13-20)27-22(30)14-25-12-18-8-9-23(31)28(3)15-18;1-2/h5-7,10-11,13,18,25H,4,8-9,12,14-15H2,1-3H3,(H,27,30);1-2H3. The summed E-state index contributed by atoms with van der Waals surface area (Å²) in [5, 5.41) is 6.00. The van der Waals surface area contributed by atoms with Crippen LogP contribution in [0.3, 0.4) is 0 Å². The summed E-state index contributed by atoms with van der Waals surface area (Å²) in [7, 11) is 1.81. The molecule has 0 saturated carbocycles. The van der Waals surface area contributed by atoms with Crippen LogP contribution in [0.4, 0.5) is 5.69 Å². The smallest absolute Gasteiger partial charge is 0.238 e. The molecule has 1 fully saturated rings. The van der Waals surface area contributed by atoms with Gasteiger partial charge in [0.15, 0.2) is 5.78 Å². The van der Waals surface area contributed by atoms with Crippen molar-refractivity contribution in [3.05, 3.63) is 47.8 Å². The molecule has 1 unspecified atom stereocenters. The molecule has 1 aromatic carbocycles. The minimum Gasteiger partial charge on any atom is -0.345 e. The summed E-state index contributed by atoms with van der Waals surface area (Å²) in [5.74, 6) is 0.0674. The van der Waals surface area contributed by atoms with Crippen molar-refractivity contribution in [2.75, 3.05) is 32.0 Å². The summed E-state index contributed by atoms with van der Waals surface area (Å²) >= 11 is 0. The number of likely N-dealkylation sites (tertiary alicyclic amines) is 1. The van der Waals surface area contributed by atoms with Crippen molar-refractivity contribution in [3.63, 3.8) is 0 Å². The number of carbonyl (C=O) groups excluding carboxylic acids is 3. The molecule has 3 rings (SSSR count). The number of hydrogen-bond acceptors (Lipinski definition) is 5. The summed E-state index contributed by atoms with van der Waals surface area (Å²) in [6.45, 7) is 9.02. The van der Waals surface area contributed by atoms with Gasteiger partial charge in [-0.2, -0.15) is 0 Å². The largest absolute Gasteiger partial charge is 0.345 e. The first-order chi connectivity index (χ1) is 15.9. The molecule has 7 nitrogen and oxygen atoms in total. The lowest BCUT2D eigenvalue weighted by molar-refractivity contribution is -0.133. The van der Waals surface area contributed by atoms with E-state index in [1.165, 1.54) is 12.5 Å². The molecule has 1 aliphatic rings. The Kier molecular flexibility index (Phi) is 10.2. The molecule has 2 N–H and O–H groups in total. The van der Waals surface area contributed by atoms with Crippen molar-refractivity contribution in [3.8, 4) is 11.1 Å². The maximum Gasteiger partial charge on any atom is 0.238 e. The van der Waals surface area contributed by atoms with Crippen LogP contribution in [0.15, 0.2) is 36.5 Å². The molecular weight excluding hydrogens is 416 g/mol. The van der Waals surface area contributed by atoms with Crippen molar-refractivity contribution in [1.29, 1.82) is 0 Å². The number of carbonyl (C=O) groups is 3. The van der Waals surface area contributed by atoms with E-state index in [9.17, 15) is 14.4 Å². The average molecular weight is 453 g/mol. The molecule has 33 heavy (non-hydrogen) atoms. The lowest BCUT2D eigenvalue weighted by atomic mass is 9.98. The first-order valence-electron chi connectivity index (χ1n) is 11.7. The van der Waals surface area contributed by atoms with Gasteiger partial charge in [-0.1, -0.05) is 45.0 Å². The van der Waals surface area contributed by atoms with Gasteiger partial charge in [-0.05, 0) is 36.0 Å². The molecule has 0 radical (unpaired) electrons. The number of hydrogen-bond donors (Lipinski definition) is 2. The second-order valence-corrected chi connectivity index (χ2v) is 8.09. The van der Waals surface area contributed by atoms with E-state index < -0.39 is 0 Å². The van der Waals surface area contributed by atoms with Gasteiger partial charge in [0.25, 0.3) is 0 Å². The number of nitrogens with zero attached hydrogens (tertiary/aromatic N) is 2. The minimum absolute atomic E-state index is 0.126. The molecule has 2 aromatic rings. The number of aryl methyl sites for hydroxylation is 1. The average Bonchev–Trinajstić information content (AvgIpc) is 2.82. The van der Waals surface area contributed by atoms with Gasteiger partial charge in [-0.25, -0.2) is 0 Å². The predicted octanol–water partition coefficient (Wildman–Crippen LogP) is 3.94. The Hall–Kier alpha value is -3.06. The Bertz CT molecular complexity index is 974. The first kappa shape index (κ1) is 26.2. The van der Waals surface area contributed by atoms with E-state index in [-0.39, 0.29) is 29.8 Å². The molecule has 0 bridgehead atoms. The molecule has 2 heterocycles. The maximum atomic E-state index is 12.5. The van der Waals surface area contributed by atoms with Crippen LogP contribution in [-0.2, 0) is 16.0 Å². The Morgan fingerprint density at radius 2 is 1.94 bits per heavy atom. The van der Waals surface area contributed by atoms with Gasteiger partial charge in [-0.15, -0.1) is 0 Å². The SMILES string of the molecule is CC.CCc1cccc(-c2cnc(C(C)=O)c(NC(=O)CNCC3CCC(=O)N(C)C3)c2)c1. The lowest BCUT2D eigenvalue weighted by Gasteiger charge is -2.29. The molecule has 1 saturated heterocycles. The van der Waals surface area contributed by atoms with Crippen LogP contribution in [0, 0.1) is 5.92 Å². The Morgan fingerprint density at radius 3 is 2.61 bits per heavy atom. The van der Waals surface area contributed by atoms with Crippen LogP contribution in [-0.4, -0.2) is 54.2 Å². The number of aromatic nitrogens is 1. The van der Waals surface area contributed by atoms with Crippen molar-refractivity contribution >= 4 is 23.3 Å². The van der Waals surface area contributed by atoms with Crippen molar-refractivity contribution in [2.45, 2.75) is 47.0 Å². The number of nitrogens with one attached hydrogen (secondary N) is 2. The summed E-state index contributed by atoms with van der Waals surface area (Å²) in [4.78, 5) is 42.2. The van der Waals surface area contributed by atoms with E-state index in [1.54, 1.807) is 24.2 Å². The van der Waals surface area contributed by atoms with Crippen LogP contribution in [0.25, 0.3) is 11.1 Å². The number of ketones is 1. The van der Waals surface area contributed by atoms with E-state index in [1.807, 2.05) is 26.0 Å². The van der Waals surface area contributed by atoms with Crippen LogP contribution < -0.4 is 10.6 Å². The van der Waals surface area contributed by atoms with E-state index in [2.05, 4.69) is 34.7 Å². The monoisotopic (exact) mass is 452 g/mol. The summed E-state index contributed by atoms with van der Waals surface area (Å²) in [5.41, 5.74) is 3.71. The van der Waals surface area contributed by atoms with Crippen molar-refractivity contribution in [1.82, 2.24) is 15.2 Å². The van der Waals surface area contributed by atoms with Crippen LogP contribution >= 0.6 is 0 Å². The molecule has 2 amide bonds. The molecule has 1 atom stereocenters. The fraction of sp³-hybridized carbons (Fsp3) is 0.462. The predicted molar refractivity (Wildman–Crippen MR) is 132 cm³/mol. The zero-order valence-electron chi connectivity index (χ0n) is 20.4. The topological polar surface area (TPSA) is 91.4 Å². The Labute approximate surface area is 197 Å². The number of pyridine rings is 1. The van der Waals surface area contributed by atoms with Gasteiger partial charge in [-0.3, -0.25) is 19.4 Å². The van der Waals surface area contributed by atoms with Gasteiger partial charge in [0.1, 0.15) is 5.69 Å². The molecular formula is C26H36N4O3. The molecule has 1 aromatic heterocycles. The third-order valence-electron chi connectivity index (χ3n) is 5.61. The normalized spacial score (nSPS) is 15.5.